The fraction of sp³-hybridized carbons (Fsp3) is 0.200. The monoisotopic (exact) mass is 268 g/mol. The number of benzene rings is 1. The second-order valence-electron chi connectivity index (χ2n) is 4.77. The summed E-state index contributed by atoms with van der Waals surface area (Å²) < 4.78 is 1.76. The molecule has 0 aliphatic heterocycles. The fourth-order valence-corrected chi connectivity index (χ4v) is 2.20. The number of nitrogens with one attached hydrogen (secondary N) is 2. The van der Waals surface area contributed by atoms with Crippen molar-refractivity contribution in [1.29, 1.82) is 0 Å². The van der Waals surface area contributed by atoms with E-state index in [4.69, 9.17) is 0 Å². The van der Waals surface area contributed by atoms with Crippen molar-refractivity contribution in [1.82, 2.24) is 20.1 Å². The van der Waals surface area contributed by atoms with Gasteiger partial charge in [-0.3, -0.25) is 9.48 Å². The third-order valence-electron chi connectivity index (χ3n) is 3.25. The van der Waals surface area contributed by atoms with Gasteiger partial charge in [0.05, 0.1) is 5.69 Å². The summed E-state index contributed by atoms with van der Waals surface area (Å²) in [5.74, 6) is -0.0518. The average Bonchev–Trinajstić information content (AvgIpc) is 3.06. The molecule has 102 valence electrons. The van der Waals surface area contributed by atoms with Crippen LogP contribution in [-0.4, -0.2) is 27.2 Å². The van der Waals surface area contributed by atoms with Gasteiger partial charge in [-0.05, 0) is 30.3 Å². The van der Waals surface area contributed by atoms with E-state index >= 15 is 0 Å². The quantitative estimate of drug-likeness (QED) is 0.759. The summed E-state index contributed by atoms with van der Waals surface area (Å²) in [6.45, 7) is 0.584. The lowest BCUT2D eigenvalue weighted by atomic mass is 10.1. The first-order chi connectivity index (χ1) is 9.72. The minimum Gasteiger partial charge on any atom is -0.361 e. The van der Waals surface area contributed by atoms with Gasteiger partial charge < -0.3 is 10.3 Å². The Morgan fingerprint density at radius 1 is 1.35 bits per heavy atom. The third-order valence-corrected chi connectivity index (χ3v) is 3.25. The SMILES string of the molecule is Cn1ccc(CCNC(=O)c2ccc3[nH]ccc3c2)n1. The molecule has 1 aromatic carbocycles. The second kappa shape index (κ2) is 5.21. The number of carbonyl (C=O) groups excluding carboxylic acids is 1. The van der Waals surface area contributed by atoms with E-state index in [0.29, 0.717) is 12.1 Å². The zero-order chi connectivity index (χ0) is 13.9. The highest BCUT2D eigenvalue weighted by molar-refractivity contribution is 5.98. The van der Waals surface area contributed by atoms with Gasteiger partial charge in [-0.1, -0.05) is 0 Å². The second-order valence-corrected chi connectivity index (χ2v) is 4.77. The van der Waals surface area contributed by atoms with E-state index < -0.39 is 0 Å². The molecule has 2 heterocycles. The lowest BCUT2D eigenvalue weighted by Crippen LogP contribution is -2.25. The van der Waals surface area contributed by atoms with E-state index in [1.807, 2.05) is 49.8 Å². The number of carbonyl (C=O) groups is 1. The zero-order valence-corrected chi connectivity index (χ0v) is 11.3. The highest BCUT2D eigenvalue weighted by atomic mass is 16.1. The van der Waals surface area contributed by atoms with Crippen molar-refractivity contribution in [3.05, 3.63) is 54.0 Å². The van der Waals surface area contributed by atoms with E-state index in [9.17, 15) is 4.79 Å². The molecule has 0 radical (unpaired) electrons. The Kier molecular flexibility index (Phi) is 3.25. The van der Waals surface area contributed by atoms with Gasteiger partial charge in [0.1, 0.15) is 0 Å². The summed E-state index contributed by atoms with van der Waals surface area (Å²) in [6.07, 6.45) is 4.50. The molecule has 0 unspecified atom stereocenters. The van der Waals surface area contributed by atoms with Crippen molar-refractivity contribution in [2.24, 2.45) is 7.05 Å². The summed E-state index contributed by atoms with van der Waals surface area (Å²) in [7, 11) is 1.88. The van der Waals surface area contributed by atoms with E-state index in [0.717, 1.165) is 23.0 Å². The maximum absolute atomic E-state index is 12.1. The summed E-state index contributed by atoms with van der Waals surface area (Å²) in [5.41, 5.74) is 2.70. The number of H-pyrrole nitrogens is 1. The first-order valence-corrected chi connectivity index (χ1v) is 6.56. The number of aromatic nitrogens is 3. The van der Waals surface area contributed by atoms with Crippen LogP contribution < -0.4 is 5.32 Å². The van der Waals surface area contributed by atoms with Gasteiger partial charge in [0.2, 0.25) is 0 Å². The largest absolute Gasteiger partial charge is 0.361 e. The molecule has 0 saturated carbocycles. The molecule has 0 fully saturated rings. The Labute approximate surface area is 116 Å². The molecule has 5 nitrogen and oxygen atoms in total. The lowest BCUT2D eigenvalue weighted by Gasteiger charge is -2.04. The van der Waals surface area contributed by atoms with Crippen LogP contribution in [0.3, 0.4) is 0 Å². The van der Waals surface area contributed by atoms with E-state index in [2.05, 4.69) is 15.4 Å². The maximum atomic E-state index is 12.1. The molecule has 2 N–H and O–H groups in total. The maximum Gasteiger partial charge on any atom is 0.251 e. The van der Waals surface area contributed by atoms with Gasteiger partial charge in [-0.2, -0.15) is 5.10 Å². The van der Waals surface area contributed by atoms with Crippen molar-refractivity contribution < 1.29 is 4.79 Å². The van der Waals surface area contributed by atoms with Gasteiger partial charge in [-0.25, -0.2) is 0 Å². The highest BCUT2D eigenvalue weighted by Gasteiger charge is 2.06. The predicted octanol–water partition coefficient (Wildman–Crippen LogP) is 1.87. The molecule has 3 aromatic rings. The van der Waals surface area contributed by atoms with Gasteiger partial charge in [0.25, 0.3) is 5.91 Å². The number of fused-ring (bicyclic) bond motifs is 1. The molecule has 2 aromatic heterocycles. The van der Waals surface area contributed by atoms with Crippen LogP contribution >= 0.6 is 0 Å². The number of hydrogen-bond donors (Lipinski definition) is 2. The van der Waals surface area contributed by atoms with E-state index in [1.165, 1.54) is 0 Å². The minimum absolute atomic E-state index is 0.0518. The van der Waals surface area contributed by atoms with Crippen LogP contribution in [0.15, 0.2) is 42.7 Å². The molecule has 1 amide bonds. The first kappa shape index (κ1) is 12.5. The molecule has 5 heteroatoms. The van der Waals surface area contributed by atoms with Crippen molar-refractivity contribution >= 4 is 16.8 Å². The van der Waals surface area contributed by atoms with Gasteiger partial charge >= 0.3 is 0 Å². The number of rotatable bonds is 4. The Morgan fingerprint density at radius 2 is 2.25 bits per heavy atom. The third kappa shape index (κ3) is 2.56. The number of aromatic amines is 1. The topological polar surface area (TPSA) is 62.7 Å². The molecule has 0 bridgehead atoms. The Bertz CT molecular complexity index is 741. The van der Waals surface area contributed by atoms with Crippen LogP contribution in [0.2, 0.25) is 0 Å². The average molecular weight is 268 g/mol. The predicted molar refractivity (Wildman–Crippen MR) is 77.5 cm³/mol. The summed E-state index contributed by atoms with van der Waals surface area (Å²) in [5, 5.41) is 8.23. The normalized spacial score (nSPS) is 10.8. The zero-order valence-electron chi connectivity index (χ0n) is 11.3. The Hall–Kier alpha value is -2.56. The highest BCUT2D eigenvalue weighted by Crippen LogP contribution is 2.14. The Balaban J connectivity index is 1.61. The minimum atomic E-state index is -0.0518. The summed E-state index contributed by atoms with van der Waals surface area (Å²) in [6, 6.07) is 9.55. The summed E-state index contributed by atoms with van der Waals surface area (Å²) in [4.78, 5) is 15.2. The molecular weight excluding hydrogens is 252 g/mol. The molecule has 0 saturated heterocycles. The number of hydrogen-bond acceptors (Lipinski definition) is 2. The van der Waals surface area contributed by atoms with Gasteiger partial charge in [-0.15, -0.1) is 0 Å². The van der Waals surface area contributed by atoms with E-state index in [-0.39, 0.29) is 5.91 Å². The Morgan fingerprint density at radius 3 is 3.05 bits per heavy atom. The number of nitrogens with zero attached hydrogens (tertiary/aromatic N) is 2. The van der Waals surface area contributed by atoms with E-state index in [1.54, 1.807) is 4.68 Å². The fourth-order valence-electron chi connectivity index (χ4n) is 2.20. The molecule has 0 atom stereocenters. The smallest absolute Gasteiger partial charge is 0.251 e. The molecule has 3 rings (SSSR count). The van der Waals surface area contributed by atoms with Crippen molar-refractivity contribution in [2.75, 3.05) is 6.54 Å². The molecule has 20 heavy (non-hydrogen) atoms. The van der Waals surface area contributed by atoms with Crippen LogP contribution in [0.25, 0.3) is 10.9 Å². The number of aryl methyl sites for hydroxylation is 1. The molecule has 0 spiro atoms. The van der Waals surface area contributed by atoms with Gasteiger partial charge in [0, 0.05) is 48.9 Å². The van der Waals surface area contributed by atoms with Crippen LogP contribution in [-0.2, 0) is 13.5 Å². The molecular formula is C15H16N4O. The van der Waals surface area contributed by atoms with Crippen molar-refractivity contribution in [3.8, 4) is 0 Å². The standard InChI is InChI=1S/C15H16N4O/c1-19-9-6-13(18-19)5-8-17-15(20)12-2-3-14-11(10-12)4-7-16-14/h2-4,6-7,9-10,16H,5,8H2,1H3,(H,17,20). The van der Waals surface area contributed by atoms with Gasteiger partial charge in [0.15, 0.2) is 0 Å². The molecule has 0 aliphatic rings. The van der Waals surface area contributed by atoms with Crippen LogP contribution in [0.4, 0.5) is 0 Å². The first-order valence-electron chi connectivity index (χ1n) is 6.56. The lowest BCUT2D eigenvalue weighted by molar-refractivity contribution is 0.0954. The summed E-state index contributed by atoms with van der Waals surface area (Å²) >= 11 is 0. The van der Waals surface area contributed by atoms with Crippen LogP contribution in [0, 0.1) is 0 Å². The molecule has 0 aliphatic carbocycles. The van der Waals surface area contributed by atoms with Crippen LogP contribution in [0.5, 0.6) is 0 Å². The number of amides is 1. The van der Waals surface area contributed by atoms with Crippen LogP contribution in [0.1, 0.15) is 16.1 Å². The van der Waals surface area contributed by atoms with Crippen molar-refractivity contribution in [2.45, 2.75) is 6.42 Å². The van der Waals surface area contributed by atoms with Crippen molar-refractivity contribution in [3.63, 3.8) is 0 Å².